The minimum absolute atomic E-state index is 0.261. The van der Waals surface area contributed by atoms with E-state index in [9.17, 15) is 4.79 Å². The number of likely N-dealkylation sites (tertiary alicyclic amines) is 2. The Bertz CT molecular complexity index is 1120. The van der Waals surface area contributed by atoms with E-state index in [-0.39, 0.29) is 5.41 Å². The predicted octanol–water partition coefficient (Wildman–Crippen LogP) is 4.54. The maximum atomic E-state index is 14.0. The number of aromatic nitrogens is 3. The quantitative estimate of drug-likeness (QED) is 0.506. The zero-order valence-electron chi connectivity index (χ0n) is 20.9. The SMILES string of the molecule is CN1CCC[C@](CCCc2cnccn2)(C(=O)N2CCC(Cc3cccc4ncccc34)CC2)C1. The number of hydrogen-bond acceptors (Lipinski definition) is 5. The lowest BCUT2D eigenvalue weighted by Gasteiger charge is -2.45. The van der Waals surface area contributed by atoms with Gasteiger partial charge in [-0.05, 0) is 88.6 Å². The fourth-order valence-electron chi connectivity index (χ4n) is 6.25. The lowest BCUT2D eigenvalue weighted by molar-refractivity contribution is -0.147. The van der Waals surface area contributed by atoms with Crippen molar-refractivity contribution >= 4 is 16.8 Å². The van der Waals surface area contributed by atoms with Gasteiger partial charge in [0.2, 0.25) is 5.91 Å². The van der Waals surface area contributed by atoms with Crippen LogP contribution in [0.2, 0.25) is 0 Å². The van der Waals surface area contributed by atoms with Gasteiger partial charge in [0.25, 0.3) is 0 Å². The van der Waals surface area contributed by atoms with Gasteiger partial charge in [0.1, 0.15) is 0 Å². The maximum absolute atomic E-state index is 14.0. The Labute approximate surface area is 208 Å². The molecule has 0 bridgehead atoms. The zero-order chi connectivity index (χ0) is 24.1. The van der Waals surface area contributed by atoms with Crippen molar-refractivity contribution in [3.05, 3.63) is 66.4 Å². The second-order valence-corrected chi connectivity index (χ2v) is 10.6. The van der Waals surface area contributed by atoms with Crippen LogP contribution >= 0.6 is 0 Å². The first kappa shape index (κ1) is 23.9. The molecule has 0 spiro atoms. The van der Waals surface area contributed by atoms with Gasteiger partial charge in [-0.2, -0.15) is 0 Å². The second kappa shape index (κ2) is 10.8. The van der Waals surface area contributed by atoms with Gasteiger partial charge in [0.15, 0.2) is 0 Å². The molecule has 0 radical (unpaired) electrons. The molecule has 2 aromatic heterocycles. The molecule has 5 rings (SSSR count). The van der Waals surface area contributed by atoms with Gasteiger partial charge in [-0.1, -0.05) is 18.2 Å². The first-order chi connectivity index (χ1) is 17.1. The Balaban J connectivity index is 1.21. The summed E-state index contributed by atoms with van der Waals surface area (Å²) in [4.78, 5) is 31.6. The van der Waals surface area contributed by atoms with Crippen LogP contribution < -0.4 is 0 Å². The number of carbonyl (C=O) groups excluding carboxylic acids is 1. The van der Waals surface area contributed by atoms with Crippen LogP contribution in [0.5, 0.6) is 0 Å². The van der Waals surface area contributed by atoms with E-state index in [1.54, 1.807) is 12.4 Å². The molecule has 6 heteroatoms. The number of amides is 1. The summed E-state index contributed by atoms with van der Waals surface area (Å²) in [6.45, 7) is 3.71. The van der Waals surface area contributed by atoms with Crippen LogP contribution in [0.15, 0.2) is 55.1 Å². The van der Waals surface area contributed by atoms with Crippen molar-refractivity contribution in [2.45, 2.75) is 51.4 Å². The summed E-state index contributed by atoms with van der Waals surface area (Å²) >= 11 is 0. The highest BCUT2D eigenvalue weighted by molar-refractivity contribution is 5.83. The van der Waals surface area contributed by atoms with Crippen molar-refractivity contribution < 1.29 is 4.79 Å². The molecular formula is C29H37N5O. The molecule has 1 amide bonds. The van der Waals surface area contributed by atoms with Crippen molar-refractivity contribution in [1.82, 2.24) is 24.8 Å². The van der Waals surface area contributed by atoms with Gasteiger partial charge >= 0.3 is 0 Å². The third-order valence-electron chi connectivity index (χ3n) is 8.07. The maximum Gasteiger partial charge on any atom is 0.230 e. The topological polar surface area (TPSA) is 62.2 Å². The van der Waals surface area contributed by atoms with Crippen molar-refractivity contribution in [1.29, 1.82) is 0 Å². The first-order valence-electron chi connectivity index (χ1n) is 13.2. The molecule has 0 N–H and O–H groups in total. The minimum Gasteiger partial charge on any atom is -0.342 e. The molecule has 6 nitrogen and oxygen atoms in total. The zero-order valence-corrected chi connectivity index (χ0v) is 20.9. The molecule has 0 saturated carbocycles. The van der Waals surface area contributed by atoms with E-state index < -0.39 is 0 Å². The van der Waals surface area contributed by atoms with E-state index in [4.69, 9.17) is 0 Å². The van der Waals surface area contributed by atoms with Gasteiger partial charge in [-0.25, -0.2) is 0 Å². The van der Waals surface area contributed by atoms with Crippen LogP contribution in [-0.4, -0.2) is 63.9 Å². The molecule has 3 aromatic rings. The summed E-state index contributed by atoms with van der Waals surface area (Å²) in [7, 11) is 2.16. The van der Waals surface area contributed by atoms with Crippen molar-refractivity contribution in [3.63, 3.8) is 0 Å². The first-order valence-corrected chi connectivity index (χ1v) is 13.2. The van der Waals surface area contributed by atoms with Gasteiger partial charge < -0.3 is 9.80 Å². The summed E-state index contributed by atoms with van der Waals surface area (Å²) in [5.74, 6) is 1.00. The number of piperidine rings is 2. The van der Waals surface area contributed by atoms with E-state index in [0.717, 1.165) is 88.8 Å². The fraction of sp³-hybridized carbons (Fsp3) is 0.517. The summed E-state index contributed by atoms with van der Waals surface area (Å²) in [6.07, 6.45) is 15.3. The van der Waals surface area contributed by atoms with Gasteiger partial charge in [0.05, 0.1) is 16.6 Å². The van der Waals surface area contributed by atoms with Crippen LogP contribution in [-0.2, 0) is 17.6 Å². The molecular weight excluding hydrogens is 434 g/mol. The second-order valence-electron chi connectivity index (χ2n) is 10.6. The Kier molecular flexibility index (Phi) is 7.37. The molecule has 4 heterocycles. The minimum atomic E-state index is -0.261. The van der Waals surface area contributed by atoms with Crippen molar-refractivity contribution in [2.24, 2.45) is 11.3 Å². The average Bonchev–Trinajstić information content (AvgIpc) is 2.90. The molecule has 2 fully saturated rings. The predicted molar refractivity (Wildman–Crippen MR) is 139 cm³/mol. The third-order valence-corrected chi connectivity index (χ3v) is 8.07. The van der Waals surface area contributed by atoms with E-state index in [1.165, 1.54) is 10.9 Å². The number of nitrogens with zero attached hydrogens (tertiary/aromatic N) is 5. The molecule has 0 unspecified atom stereocenters. The highest BCUT2D eigenvalue weighted by Gasteiger charge is 2.43. The Morgan fingerprint density at radius 1 is 1.06 bits per heavy atom. The standard InChI is InChI=1S/C29H37N5O/c1-33-17-5-13-29(22-33,12-3-7-25-21-30-15-16-31-25)28(35)34-18-10-23(11-19-34)20-24-6-2-9-27-26(24)8-4-14-32-27/h2,4,6,8-9,14-16,21,23H,3,5,7,10-13,17-20,22H2,1H3/t29-/m0/s1. The number of benzene rings is 1. The van der Waals surface area contributed by atoms with Crippen LogP contribution in [0, 0.1) is 11.3 Å². The number of pyridine rings is 1. The highest BCUT2D eigenvalue weighted by Crippen LogP contribution is 2.38. The fourth-order valence-corrected chi connectivity index (χ4v) is 6.25. The van der Waals surface area contributed by atoms with E-state index in [2.05, 4.69) is 56.1 Å². The molecule has 1 atom stereocenters. The number of hydrogen-bond donors (Lipinski definition) is 0. The summed E-state index contributed by atoms with van der Waals surface area (Å²) < 4.78 is 0. The molecule has 184 valence electrons. The summed E-state index contributed by atoms with van der Waals surface area (Å²) in [5, 5.41) is 1.26. The normalized spacial score (nSPS) is 21.9. The average molecular weight is 472 g/mol. The molecule has 0 aliphatic carbocycles. The monoisotopic (exact) mass is 471 g/mol. The lowest BCUT2D eigenvalue weighted by Crippen LogP contribution is -2.54. The van der Waals surface area contributed by atoms with E-state index >= 15 is 0 Å². The number of aryl methyl sites for hydroxylation is 1. The van der Waals surface area contributed by atoms with E-state index in [1.807, 2.05) is 18.5 Å². The van der Waals surface area contributed by atoms with Crippen LogP contribution in [0.4, 0.5) is 0 Å². The van der Waals surface area contributed by atoms with Crippen molar-refractivity contribution in [3.8, 4) is 0 Å². The van der Waals surface area contributed by atoms with Gasteiger partial charge in [0, 0.05) is 49.8 Å². The number of rotatable bonds is 7. The van der Waals surface area contributed by atoms with Crippen LogP contribution in [0.3, 0.4) is 0 Å². The molecule has 2 aliphatic heterocycles. The Hall–Kier alpha value is -2.86. The van der Waals surface area contributed by atoms with Gasteiger partial charge in [-0.3, -0.25) is 19.7 Å². The number of fused-ring (bicyclic) bond motifs is 1. The largest absolute Gasteiger partial charge is 0.342 e. The molecule has 35 heavy (non-hydrogen) atoms. The number of carbonyl (C=O) groups is 1. The molecule has 2 saturated heterocycles. The van der Waals surface area contributed by atoms with Crippen LogP contribution in [0.25, 0.3) is 10.9 Å². The summed E-state index contributed by atoms with van der Waals surface area (Å²) in [5.41, 5.74) is 3.21. The molecule has 2 aliphatic rings. The Morgan fingerprint density at radius 2 is 1.94 bits per heavy atom. The lowest BCUT2D eigenvalue weighted by atomic mass is 9.74. The van der Waals surface area contributed by atoms with E-state index in [0.29, 0.717) is 11.8 Å². The third kappa shape index (κ3) is 5.53. The smallest absolute Gasteiger partial charge is 0.230 e. The summed E-state index contributed by atoms with van der Waals surface area (Å²) in [6, 6.07) is 10.7. The van der Waals surface area contributed by atoms with Gasteiger partial charge in [-0.15, -0.1) is 0 Å². The van der Waals surface area contributed by atoms with Crippen LogP contribution in [0.1, 0.15) is 49.8 Å². The van der Waals surface area contributed by atoms with Crippen molar-refractivity contribution in [2.75, 3.05) is 33.2 Å². The Morgan fingerprint density at radius 3 is 2.74 bits per heavy atom. The molecule has 1 aromatic carbocycles. The highest BCUT2D eigenvalue weighted by atomic mass is 16.2.